The summed E-state index contributed by atoms with van der Waals surface area (Å²) in [7, 11) is 1.47. The number of aliphatic carboxylic acids is 1. The van der Waals surface area contributed by atoms with Gasteiger partial charge in [0.1, 0.15) is 5.41 Å². The number of carboxylic acid groups (broad SMARTS) is 1. The quantitative estimate of drug-likeness (QED) is 0.783. The highest BCUT2D eigenvalue weighted by Gasteiger charge is 2.44. The van der Waals surface area contributed by atoms with Crippen molar-refractivity contribution in [3.8, 4) is 0 Å². The zero-order valence-electron chi connectivity index (χ0n) is 16.3. The van der Waals surface area contributed by atoms with Gasteiger partial charge in [0.2, 0.25) is 0 Å². The van der Waals surface area contributed by atoms with Gasteiger partial charge < -0.3 is 20.1 Å². The zero-order valence-corrected chi connectivity index (χ0v) is 16.3. The summed E-state index contributed by atoms with van der Waals surface area (Å²) >= 11 is 0. The number of anilines is 1. The van der Waals surface area contributed by atoms with Crippen LogP contribution in [0.2, 0.25) is 0 Å². The number of hydrogen-bond donors (Lipinski definition) is 2. The molecule has 7 heteroatoms. The van der Waals surface area contributed by atoms with E-state index in [9.17, 15) is 19.5 Å². The number of piperidine rings is 1. The Bertz CT molecular complexity index is 878. The van der Waals surface area contributed by atoms with Gasteiger partial charge in [0.25, 0.3) is 11.8 Å². The molecule has 1 saturated heterocycles. The van der Waals surface area contributed by atoms with Crippen molar-refractivity contribution in [1.82, 2.24) is 4.90 Å². The van der Waals surface area contributed by atoms with Crippen molar-refractivity contribution in [2.24, 2.45) is 5.41 Å². The summed E-state index contributed by atoms with van der Waals surface area (Å²) in [4.78, 5) is 38.4. The van der Waals surface area contributed by atoms with Crippen LogP contribution in [-0.4, -0.2) is 54.6 Å². The van der Waals surface area contributed by atoms with E-state index >= 15 is 0 Å². The highest BCUT2D eigenvalue weighted by Crippen LogP contribution is 2.31. The fraction of sp³-hybridized carbons (Fsp3) is 0.318. The molecule has 29 heavy (non-hydrogen) atoms. The minimum atomic E-state index is -1.08. The van der Waals surface area contributed by atoms with Crippen molar-refractivity contribution in [3.63, 3.8) is 0 Å². The summed E-state index contributed by atoms with van der Waals surface area (Å²) < 4.78 is 5.11. The van der Waals surface area contributed by atoms with Gasteiger partial charge in [-0.3, -0.25) is 14.4 Å². The predicted octanol–water partition coefficient (Wildman–Crippen LogP) is 2.89. The molecule has 0 spiro atoms. The van der Waals surface area contributed by atoms with Gasteiger partial charge in [-0.05, 0) is 49.2 Å². The lowest BCUT2D eigenvalue weighted by Gasteiger charge is -2.39. The van der Waals surface area contributed by atoms with Crippen LogP contribution in [-0.2, 0) is 9.53 Å². The number of carbonyl (C=O) groups excluding carboxylic acids is 2. The molecule has 1 aliphatic heterocycles. The Labute approximate surface area is 169 Å². The molecule has 2 aromatic carbocycles. The minimum absolute atomic E-state index is 0.0660. The highest BCUT2D eigenvalue weighted by molar-refractivity contribution is 6.04. The SMILES string of the molecule is COCC1(C(=O)O)CCCN(C(=O)c2ccc(NC(=O)c3ccccc3)cc2)C1. The summed E-state index contributed by atoms with van der Waals surface area (Å²) in [6, 6.07) is 15.5. The zero-order chi connectivity index (χ0) is 20.9. The molecule has 0 bridgehead atoms. The summed E-state index contributed by atoms with van der Waals surface area (Å²) in [6.07, 6.45) is 1.08. The molecule has 0 saturated carbocycles. The van der Waals surface area contributed by atoms with Crippen LogP contribution in [0.1, 0.15) is 33.6 Å². The second kappa shape index (κ2) is 8.87. The number of nitrogens with one attached hydrogen (secondary N) is 1. The van der Waals surface area contributed by atoms with Crippen LogP contribution in [0.15, 0.2) is 54.6 Å². The lowest BCUT2D eigenvalue weighted by molar-refractivity contribution is -0.155. The molecule has 1 unspecified atom stereocenters. The maximum Gasteiger partial charge on any atom is 0.313 e. The van der Waals surface area contributed by atoms with Gasteiger partial charge in [-0.25, -0.2) is 0 Å². The van der Waals surface area contributed by atoms with Crippen LogP contribution < -0.4 is 5.32 Å². The number of nitrogens with zero attached hydrogens (tertiary/aromatic N) is 1. The Morgan fingerprint density at radius 2 is 1.76 bits per heavy atom. The first-order valence-electron chi connectivity index (χ1n) is 9.43. The first kappa shape index (κ1) is 20.5. The molecule has 0 radical (unpaired) electrons. The van der Waals surface area contributed by atoms with Gasteiger partial charge in [-0.15, -0.1) is 0 Å². The largest absolute Gasteiger partial charge is 0.481 e. The van der Waals surface area contributed by atoms with Gasteiger partial charge in [-0.2, -0.15) is 0 Å². The Morgan fingerprint density at radius 1 is 1.07 bits per heavy atom. The van der Waals surface area contributed by atoms with Gasteiger partial charge >= 0.3 is 5.97 Å². The molecule has 1 heterocycles. The average Bonchev–Trinajstić information content (AvgIpc) is 2.74. The first-order valence-corrected chi connectivity index (χ1v) is 9.43. The first-order chi connectivity index (χ1) is 13.9. The van der Waals surface area contributed by atoms with Gasteiger partial charge in [0.15, 0.2) is 0 Å². The Balaban J connectivity index is 1.68. The number of hydrogen-bond acceptors (Lipinski definition) is 4. The Kier molecular flexibility index (Phi) is 6.29. The van der Waals surface area contributed by atoms with Crippen LogP contribution in [0, 0.1) is 5.41 Å². The molecule has 0 aromatic heterocycles. The summed E-state index contributed by atoms with van der Waals surface area (Å²) in [5, 5.41) is 12.4. The van der Waals surface area contributed by atoms with E-state index in [0.29, 0.717) is 36.2 Å². The third kappa shape index (κ3) is 4.63. The Hall–Kier alpha value is -3.19. The summed E-state index contributed by atoms with van der Waals surface area (Å²) in [5.74, 6) is -1.41. The van der Waals surface area contributed by atoms with Crippen molar-refractivity contribution in [2.75, 3.05) is 32.1 Å². The van der Waals surface area contributed by atoms with Crippen molar-refractivity contribution >= 4 is 23.5 Å². The maximum absolute atomic E-state index is 12.9. The Morgan fingerprint density at radius 3 is 2.38 bits per heavy atom. The lowest BCUT2D eigenvalue weighted by Crippen LogP contribution is -2.52. The number of ether oxygens (including phenoxy) is 1. The second-order valence-corrected chi connectivity index (χ2v) is 7.25. The van der Waals surface area contributed by atoms with Crippen LogP contribution >= 0.6 is 0 Å². The monoisotopic (exact) mass is 396 g/mol. The van der Waals surface area contributed by atoms with Gasteiger partial charge in [0.05, 0.1) is 6.61 Å². The maximum atomic E-state index is 12.9. The van der Waals surface area contributed by atoms with E-state index in [2.05, 4.69) is 5.32 Å². The number of amides is 2. The molecule has 1 aliphatic rings. The van der Waals surface area contributed by atoms with E-state index in [0.717, 1.165) is 0 Å². The third-order valence-electron chi connectivity index (χ3n) is 5.16. The van der Waals surface area contributed by atoms with Crippen LogP contribution in [0.25, 0.3) is 0 Å². The van der Waals surface area contributed by atoms with Crippen molar-refractivity contribution in [1.29, 1.82) is 0 Å². The number of methoxy groups -OCH3 is 1. The highest BCUT2D eigenvalue weighted by atomic mass is 16.5. The average molecular weight is 396 g/mol. The van der Waals surface area contributed by atoms with Crippen molar-refractivity contribution < 1.29 is 24.2 Å². The molecule has 2 amide bonds. The number of carboxylic acids is 1. The molecule has 1 fully saturated rings. The number of benzene rings is 2. The lowest BCUT2D eigenvalue weighted by atomic mass is 9.80. The third-order valence-corrected chi connectivity index (χ3v) is 5.16. The van der Waals surface area contributed by atoms with E-state index in [1.54, 1.807) is 53.4 Å². The number of likely N-dealkylation sites (tertiary alicyclic amines) is 1. The summed E-state index contributed by atoms with van der Waals surface area (Å²) in [5.41, 5.74) is 0.491. The molecular weight excluding hydrogens is 372 g/mol. The fourth-order valence-electron chi connectivity index (χ4n) is 3.61. The normalized spacial score (nSPS) is 18.9. The molecule has 152 valence electrons. The van der Waals surface area contributed by atoms with Crippen LogP contribution in [0.5, 0.6) is 0 Å². The second-order valence-electron chi connectivity index (χ2n) is 7.25. The van der Waals surface area contributed by atoms with Crippen molar-refractivity contribution in [3.05, 3.63) is 65.7 Å². The topological polar surface area (TPSA) is 95.9 Å². The number of rotatable bonds is 6. The molecule has 1 atom stereocenters. The molecular formula is C22H24N2O5. The molecule has 7 nitrogen and oxygen atoms in total. The van der Waals surface area contributed by atoms with E-state index in [4.69, 9.17) is 4.74 Å². The van der Waals surface area contributed by atoms with E-state index in [1.807, 2.05) is 6.07 Å². The van der Waals surface area contributed by atoms with Gasteiger partial charge in [-0.1, -0.05) is 18.2 Å². The van der Waals surface area contributed by atoms with Crippen LogP contribution in [0.4, 0.5) is 5.69 Å². The molecule has 0 aliphatic carbocycles. The summed E-state index contributed by atoms with van der Waals surface area (Å²) in [6.45, 7) is 0.683. The molecule has 2 N–H and O–H groups in total. The molecule has 2 aromatic rings. The van der Waals surface area contributed by atoms with E-state index in [-0.39, 0.29) is 25.0 Å². The predicted molar refractivity (Wildman–Crippen MR) is 108 cm³/mol. The van der Waals surface area contributed by atoms with E-state index in [1.165, 1.54) is 7.11 Å². The minimum Gasteiger partial charge on any atom is -0.481 e. The molecule has 3 rings (SSSR count). The smallest absolute Gasteiger partial charge is 0.313 e. The number of carbonyl (C=O) groups is 3. The van der Waals surface area contributed by atoms with E-state index < -0.39 is 11.4 Å². The van der Waals surface area contributed by atoms with Gasteiger partial charge in [0, 0.05) is 37.0 Å². The standard InChI is InChI=1S/C22H24N2O5/c1-29-15-22(21(27)28)12-5-13-24(14-22)20(26)17-8-10-18(11-9-17)23-19(25)16-6-3-2-4-7-16/h2-4,6-11H,5,12-15H2,1H3,(H,23,25)(H,27,28). The fourth-order valence-corrected chi connectivity index (χ4v) is 3.61. The van der Waals surface area contributed by atoms with Crippen molar-refractivity contribution in [2.45, 2.75) is 12.8 Å². The van der Waals surface area contributed by atoms with Crippen LogP contribution in [0.3, 0.4) is 0 Å².